The largest absolute Gasteiger partial charge is 0.469 e. The van der Waals surface area contributed by atoms with Crippen molar-refractivity contribution >= 4 is 11.8 Å². The van der Waals surface area contributed by atoms with Gasteiger partial charge in [-0.1, -0.05) is 0 Å². The lowest BCUT2D eigenvalue weighted by molar-refractivity contribution is -0.140. The van der Waals surface area contributed by atoms with Gasteiger partial charge in [0.1, 0.15) is 5.82 Å². The Bertz CT molecular complexity index is 473. The molecule has 0 amide bonds. The Morgan fingerprint density at radius 1 is 1.33 bits per heavy atom. The zero-order valence-corrected chi connectivity index (χ0v) is 12.1. The number of ether oxygens (including phenoxy) is 1. The molecule has 0 radical (unpaired) electrons. The molecule has 2 N–H and O–H groups in total. The van der Waals surface area contributed by atoms with Crippen molar-refractivity contribution in [2.45, 2.75) is 31.9 Å². The van der Waals surface area contributed by atoms with Crippen molar-refractivity contribution in [3.63, 3.8) is 0 Å². The zero-order chi connectivity index (χ0) is 15.8. The average molecular weight is 297 g/mol. The van der Waals surface area contributed by atoms with E-state index < -0.39 is 23.9 Å². The quantitative estimate of drug-likeness (QED) is 0.559. The van der Waals surface area contributed by atoms with Crippen molar-refractivity contribution in [2.75, 3.05) is 13.7 Å². The summed E-state index contributed by atoms with van der Waals surface area (Å²) in [5, 5.41) is 12.2. The predicted molar refractivity (Wildman–Crippen MR) is 75.5 cm³/mol. The number of carbonyl (C=O) groups excluding carboxylic acids is 2. The van der Waals surface area contributed by atoms with Gasteiger partial charge in [0.05, 0.1) is 19.3 Å². The second kappa shape index (κ2) is 8.49. The van der Waals surface area contributed by atoms with Crippen molar-refractivity contribution in [3.05, 3.63) is 35.6 Å². The first-order valence-electron chi connectivity index (χ1n) is 6.72. The highest BCUT2D eigenvalue weighted by Crippen LogP contribution is 2.10. The van der Waals surface area contributed by atoms with E-state index in [1.54, 1.807) is 6.92 Å². The molecule has 1 rings (SSSR count). The summed E-state index contributed by atoms with van der Waals surface area (Å²) >= 11 is 0. The number of aliphatic hydroxyl groups is 1. The van der Waals surface area contributed by atoms with Crippen molar-refractivity contribution in [1.82, 2.24) is 5.32 Å². The van der Waals surface area contributed by atoms with Gasteiger partial charge < -0.3 is 15.2 Å². The molecule has 0 aliphatic carbocycles. The summed E-state index contributed by atoms with van der Waals surface area (Å²) in [6.07, 6.45) is -0.289. The average Bonchev–Trinajstić information content (AvgIpc) is 2.46. The monoisotopic (exact) mass is 297 g/mol. The molecular weight excluding hydrogens is 277 g/mol. The Morgan fingerprint density at radius 2 is 1.95 bits per heavy atom. The standard InChI is InChI=1S/C15H20FNO4/c1-10(18)9-17-13(7-8-14(19)21-2)15(20)11-3-5-12(16)6-4-11/h3-6,10,13,17-18H,7-9H2,1-2H3. The Labute approximate surface area is 123 Å². The summed E-state index contributed by atoms with van der Waals surface area (Å²) in [6.45, 7) is 1.81. The summed E-state index contributed by atoms with van der Waals surface area (Å²) in [5.74, 6) is -1.08. The van der Waals surface area contributed by atoms with Gasteiger partial charge in [-0.25, -0.2) is 4.39 Å². The number of nitrogens with one attached hydrogen (secondary N) is 1. The van der Waals surface area contributed by atoms with Gasteiger partial charge in [-0.2, -0.15) is 0 Å². The third-order valence-corrected chi connectivity index (χ3v) is 2.97. The fraction of sp³-hybridized carbons (Fsp3) is 0.467. The SMILES string of the molecule is COC(=O)CCC(NCC(C)O)C(=O)c1ccc(F)cc1. The second-order valence-corrected chi connectivity index (χ2v) is 4.80. The molecule has 5 nitrogen and oxygen atoms in total. The topological polar surface area (TPSA) is 75.6 Å². The van der Waals surface area contributed by atoms with Gasteiger partial charge in [-0.05, 0) is 37.6 Å². The first-order chi connectivity index (χ1) is 9.93. The van der Waals surface area contributed by atoms with E-state index in [1.165, 1.54) is 31.4 Å². The number of hydrogen-bond donors (Lipinski definition) is 2. The minimum atomic E-state index is -0.635. The van der Waals surface area contributed by atoms with Crippen molar-refractivity contribution < 1.29 is 23.8 Å². The molecule has 116 valence electrons. The number of esters is 1. The van der Waals surface area contributed by atoms with Gasteiger partial charge >= 0.3 is 5.97 Å². The first-order valence-corrected chi connectivity index (χ1v) is 6.72. The van der Waals surface area contributed by atoms with Crippen LogP contribution in [0.4, 0.5) is 4.39 Å². The van der Waals surface area contributed by atoms with Crippen molar-refractivity contribution in [1.29, 1.82) is 0 Å². The van der Waals surface area contributed by atoms with E-state index in [0.717, 1.165) is 0 Å². The Balaban J connectivity index is 2.75. The number of Topliss-reactive ketones (excluding diaryl/α,β-unsaturated/α-hetero) is 1. The molecule has 0 aliphatic rings. The van der Waals surface area contributed by atoms with Crippen LogP contribution in [0, 0.1) is 5.82 Å². The van der Waals surface area contributed by atoms with E-state index >= 15 is 0 Å². The summed E-state index contributed by atoms with van der Waals surface area (Å²) < 4.78 is 17.4. The Kier molecular flexibility index (Phi) is 6.98. The van der Waals surface area contributed by atoms with Crippen LogP contribution in [0.2, 0.25) is 0 Å². The van der Waals surface area contributed by atoms with Crippen LogP contribution in [0.5, 0.6) is 0 Å². The van der Waals surface area contributed by atoms with Gasteiger partial charge in [0, 0.05) is 18.5 Å². The molecule has 1 aromatic rings. The summed E-state index contributed by atoms with van der Waals surface area (Å²) in [5.41, 5.74) is 0.351. The minimum Gasteiger partial charge on any atom is -0.469 e. The number of rotatable bonds is 8. The van der Waals surface area contributed by atoms with E-state index in [-0.39, 0.29) is 25.2 Å². The Morgan fingerprint density at radius 3 is 2.48 bits per heavy atom. The highest BCUT2D eigenvalue weighted by molar-refractivity contribution is 6.00. The van der Waals surface area contributed by atoms with Crippen LogP contribution in [0.25, 0.3) is 0 Å². The zero-order valence-electron chi connectivity index (χ0n) is 12.1. The third-order valence-electron chi connectivity index (χ3n) is 2.97. The number of hydrogen-bond acceptors (Lipinski definition) is 5. The van der Waals surface area contributed by atoms with E-state index in [9.17, 15) is 19.1 Å². The lowest BCUT2D eigenvalue weighted by atomic mass is 10.00. The molecule has 0 fully saturated rings. The third kappa shape index (κ3) is 6.01. The van der Waals surface area contributed by atoms with Gasteiger partial charge in [-0.3, -0.25) is 9.59 Å². The van der Waals surface area contributed by atoms with Crippen LogP contribution in [0.3, 0.4) is 0 Å². The molecule has 6 heteroatoms. The van der Waals surface area contributed by atoms with Gasteiger partial charge in [-0.15, -0.1) is 0 Å². The Hall–Kier alpha value is -1.79. The fourth-order valence-electron chi connectivity index (χ4n) is 1.82. The van der Waals surface area contributed by atoms with Crippen LogP contribution >= 0.6 is 0 Å². The highest BCUT2D eigenvalue weighted by atomic mass is 19.1. The van der Waals surface area contributed by atoms with Crippen LogP contribution in [0.1, 0.15) is 30.1 Å². The summed E-state index contributed by atoms with van der Waals surface area (Å²) in [4.78, 5) is 23.5. The number of methoxy groups -OCH3 is 1. The molecule has 0 aromatic heterocycles. The molecule has 0 saturated heterocycles. The molecule has 0 aliphatic heterocycles. The lowest BCUT2D eigenvalue weighted by Crippen LogP contribution is -2.40. The lowest BCUT2D eigenvalue weighted by Gasteiger charge is -2.18. The molecule has 1 aromatic carbocycles. The molecule has 2 unspecified atom stereocenters. The molecule has 0 saturated carbocycles. The van der Waals surface area contributed by atoms with Crippen LogP contribution in [-0.4, -0.2) is 42.7 Å². The highest BCUT2D eigenvalue weighted by Gasteiger charge is 2.21. The number of carbonyl (C=O) groups is 2. The first kappa shape index (κ1) is 17.3. The maximum absolute atomic E-state index is 12.9. The van der Waals surface area contributed by atoms with E-state index in [2.05, 4.69) is 10.1 Å². The normalized spacial score (nSPS) is 13.5. The molecule has 0 heterocycles. The fourth-order valence-corrected chi connectivity index (χ4v) is 1.82. The molecule has 2 atom stereocenters. The summed E-state index contributed by atoms with van der Waals surface area (Å²) in [6, 6.07) is 4.57. The predicted octanol–water partition coefficient (Wildman–Crippen LogP) is 1.30. The van der Waals surface area contributed by atoms with E-state index in [4.69, 9.17) is 0 Å². The van der Waals surface area contributed by atoms with Crippen molar-refractivity contribution in [3.8, 4) is 0 Å². The van der Waals surface area contributed by atoms with Gasteiger partial charge in [0.25, 0.3) is 0 Å². The van der Waals surface area contributed by atoms with E-state index in [1.807, 2.05) is 0 Å². The van der Waals surface area contributed by atoms with Crippen LogP contribution < -0.4 is 5.32 Å². The van der Waals surface area contributed by atoms with Gasteiger partial charge in [0.2, 0.25) is 0 Å². The second-order valence-electron chi connectivity index (χ2n) is 4.80. The maximum atomic E-state index is 12.9. The number of aliphatic hydroxyl groups excluding tert-OH is 1. The molecule has 21 heavy (non-hydrogen) atoms. The number of ketones is 1. The van der Waals surface area contributed by atoms with Crippen molar-refractivity contribution in [2.24, 2.45) is 0 Å². The summed E-state index contributed by atoms with van der Waals surface area (Å²) in [7, 11) is 1.28. The number of benzene rings is 1. The number of halogens is 1. The smallest absolute Gasteiger partial charge is 0.305 e. The van der Waals surface area contributed by atoms with Gasteiger partial charge in [0.15, 0.2) is 5.78 Å². The van der Waals surface area contributed by atoms with E-state index in [0.29, 0.717) is 5.56 Å². The van der Waals surface area contributed by atoms with Crippen LogP contribution in [0.15, 0.2) is 24.3 Å². The molecular formula is C15H20FNO4. The van der Waals surface area contributed by atoms with Crippen LogP contribution in [-0.2, 0) is 9.53 Å². The minimum absolute atomic E-state index is 0.0842. The molecule has 0 spiro atoms. The maximum Gasteiger partial charge on any atom is 0.305 e. The molecule has 0 bridgehead atoms.